The highest BCUT2D eigenvalue weighted by molar-refractivity contribution is 9.09. The zero-order valence-corrected chi connectivity index (χ0v) is 8.74. The Morgan fingerprint density at radius 3 is 2.69 bits per heavy atom. The van der Waals surface area contributed by atoms with Gasteiger partial charge in [-0.05, 0) is 0 Å². The molecule has 13 heavy (non-hydrogen) atoms. The minimum Gasteiger partial charge on any atom is -0.346 e. The first-order valence-corrected chi connectivity index (χ1v) is 5.40. The Morgan fingerprint density at radius 2 is 2.08 bits per heavy atom. The molecule has 0 aromatic heterocycles. The summed E-state index contributed by atoms with van der Waals surface area (Å²) in [6.45, 7) is 0.671. The van der Waals surface area contributed by atoms with Crippen molar-refractivity contribution in [1.82, 2.24) is 0 Å². The van der Waals surface area contributed by atoms with E-state index in [2.05, 4.69) is 15.9 Å². The van der Waals surface area contributed by atoms with Crippen molar-refractivity contribution in [1.29, 1.82) is 0 Å². The molecule has 1 aliphatic rings. The molecule has 0 saturated carbocycles. The molecule has 0 bridgehead atoms. The molecule has 1 heterocycles. The second-order valence-electron chi connectivity index (χ2n) is 2.99. The SMILES string of the molecule is BrCC1COC(c2ccccc2)O1. The lowest BCUT2D eigenvalue weighted by Gasteiger charge is -2.09. The van der Waals surface area contributed by atoms with Crippen molar-refractivity contribution in [3.05, 3.63) is 35.9 Å². The summed E-state index contributed by atoms with van der Waals surface area (Å²) >= 11 is 3.37. The van der Waals surface area contributed by atoms with Crippen LogP contribution in [0, 0.1) is 0 Å². The molecule has 1 aromatic rings. The van der Waals surface area contributed by atoms with Gasteiger partial charge in [-0.3, -0.25) is 0 Å². The maximum Gasteiger partial charge on any atom is 0.184 e. The van der Waals surface area contributed by atoms with Gasteiger partial charge in [0.15, 0.2) is 6.29 Å². The van der Waals surface area contributed by atoms with E-state index < -0.39 is 0 Å². The van der Waals surface area contributed by atoms with Crippen LogP contribution < -0.4 is 0 Å². The molecule has 0 spiro atoms. The van der Waals surface area contributed by atoms with Crippen LogP contribution in [-0.4, -0.2) is 18.0 Å². The van der Waals surface area contributed by atoms with E-state index in [1.165, 1.54) is 0 Å². The molecule has 1 saturated heterocycles. The molecular weight excluding hydrogens is 232 g/mol. The molecule has 2 unspecified atom stereocenters. The lowest BCUT2D eigenvalue weighted by Crippen LogP contribution is -2.10. The third-order valence-corrected chi connectivity index (χ3v) is 2.72. The van der Waals surface area contributed by atoms with Gasteiger partial charge in [-0.15, -0.1) is 0 Å². The summed E-state index contributed by atoms with van der Waals surface area (Å²) in [5.41, 5.74) is 1.09. The highest BCUT2D eigenvalue weighted by atomic mass is 79.9. The number of alkyl halides is 1. The van der Waals surface area contributed by atoms with E-state index in [9.17, 15) is 0 Å². The Kier molecular flexibility index (Phi) is 2.98. The fourth-order valence-electron chi connectivity index (χ4n) is 1.31. The van der Waals surface area contributed by atoms with E-state index in [4.69, 9.17) is 9.47 Å². The van der Waals surface area contributed by atoms with Crippen LogP contribution in [0.15, 0.2) is 30.3 Å². The lowest BCUT2D eigenvalue weighted by atomic mass is 10.2. The Morgan fingerprint density at radius 1 is 1.31 bits per heavy atom. The van der Waals surface area contributed by atoms with Crippen molar-refractivity contribution in [2.24, 2.45) is 0 Å². The zero-order valence-electron chi connectivity index (χ0n) is 7.15. The summed E-state index contributed by atoms with van der Waals surface area (Å²) in [6, 6.07) is 10.00. The average molecular weight is 243 g/mol. The van der Waals surface area contributed by atoms with Crippen LogP contribution in [0.2, 0.25) is 0 Å². The van der Waals surface area contributed by atoms with E-state index in [-0.39, 0.29) is 12.4 Å². The van der Waals surface area contributed by atoms with E-state index >= 15 is 0 Å². The first-order chi connectivity index (χ1) is 6.40. The molecule has 1 aliphatic heterocycles. The van der Waals surface area contributed by atoms with Crippen molar-refractivity contribution in [3.63, 3.8) is 0 Å². The highest BCUT2D eigenvalue weighted by Gasteiger charge is 2.25. The Bertz CT molecular complexity index is 263. The number of halogens is 1. The van der Waals surface area contributed by atoms with Crippen LogP contribution >= 0.6 is 15.9 Å². The van der Waals surface area contributed by atoms with Gasteiger partial charge in [0.2, 0.25) is 0 Å². The number of hydrogen-bond acceptors (Lipinski definition) is 2. The van der Waals surface area contributed by atoms with Gasteiger partial charge < -0.3 is 9.47 Å². The molecule has 2 rings (SSSR count). The first-order valence-electron chi connectivity index (χ1n) is 4.28. The summed E-state index contributed by atoms with van der Waals surface area (Å²) in [6.07, 6.45) is 0.00829. The second kappa shape index (κ2) is 4.22. The third-order valence-electron chi connectivity index (χ3n) is 1.99. The zero-order chi connectivity index (χ0) is 9.10. The van der Waals surface area contributed by atoms with Crippen molar-refractivity contribution in [2.45, 2.75) is 12.4 Å². The second-order valence-corrected chi connectivity index (χ2v) is 3.64. The monoisotopic (exact) mass is 242 g/mol. The fourth-order valence-corrected chi connectivity index (χ4v) is 1.65. The molecule has 2 nitrogen and oxygen atoms in total. The van der Waals surface area contributed by atoms with Crippen LogP contribution in [0.1, 0.15) is 11.9 Å². The summed E-state index contributed by atoms with van der Waals surface area (Å²) in [4.78, 5) is 0. The van der Waals surface area contributed by atoms with Crippen molar-refractivity contribution in [2.75, 3.05) is 11.9 Å². The fraction of sp³-hybridized carbons (Fsp3) is 0.400. The molecule has 0 amide bonds. The summed E-state index contributed by atoms with van der Waals surface area (Å²) in [7, 11) is 0. The minimum absolute atomic E-state index is 0.177. The van der Waals surface area contributed by atoms with E-state index in [1.54, 1.807) is 0 Å². The third kappa shape index (κ3) is 2.10. The lowest BCUT2D eigenvalue weighted by molar-refractivity contribution is -0.0563. The first kappa shape index (κ1) is 9.19. The predicted octanol–water partition coefficient (Wildman–Crippen LogP) is 2.50. The smallest absolute Gasteiger partial charge is 0.184 e. The van der Waals surface area contributed by atoms with Gasteiger partial charge in [-0.2, -0.15) is 0 Å². The Hall–Kier alpha value is -0.380. The van der Waals surface area contributed by atoms with Crippen molar-refractivity contribution in [3.8, 4) is 0 Å². The average Bonchev–Trinajstić information content (AvgIpc) is 2.67. The van der Waals surface area contributed by atoms with Crippen LogP contribution in [-0.2, 0) is 9.47 Å². The molecule has 3 heteroatoms. The highest BCUT2D eigenvalue weighted by Crippen LogP contribution is 2.26. The molecule has 70 valence electrons. The Balaban J connectivity index is 2.04. The quantitative estimate of drug-likeness (QED) is 0.743. The number of benzene rings is 1. The molecule has 0 N–H and O–H groups in total. The largest absolute Gasteiger partial charge is 0.346 e. The molecule has 1 aromatic carbocycles. The number of ether oxygens (including phenoxy) is 2. The molecule has 0 radical (unpaired) electrons. The standard InChI is InChI=1S/C10H11BrO2/c11-6-9-7-12-10(13-9)8-4-2-1-3-5-8/h1-5,9-10H,6-7H2. The van der Waals surface area contributed by atoms with Crippen LogP contribution in [0.3, 0.4) is 0 Å². The Labute approximate surface area is 86.0 Å². The summed E-state index contributed by atoms with van der Waals surface area (Å²) < 4.78 is 11.1. The number of rotatable bonds is 2. The van der Waals surface area contributed by atoms with Crippen molar-refractivity contribution >= 4 is 15.9 Å². The molecule has 1 fully saturated rings. The van der Waals surface area contributed by atoms with Crippen LogP contribution in [0.5, 0.6) is 0 Å². The summed E-state index contributed by atoms with van der Waals surface area (Å²) in [5, 5.41) is 0.830. The van der Waals surface area contributed by atoms with Crippen LogP contribution in [0.4, 0.5) is 0 Å². The van der Waals surface area contributed by atoms with Gasteiger partial charge in [0.25, 0.3) is 0 Å². The summed E-state index contributed by atoms with van der Waals surface area (Å²) in [5.74, 6) is 0. The van der Waals surface area contributed by atoms with Gasteiger partial charge in [0.1, 0.15) is 0 Å². The van der Waals surface area contributed by atoms with Crippen LogP contribution in [0.25, 0.3) is 0 Å². The maximum atomic E-state index is 5.63. The maximum absolute atomic E-state index is 5.63. The van der Waals surface area contributed by atoms with E-state index in [1.807, 2.05) is 30.3 Å². The molecule has 0 aliphatic carbocycles. The van der Waals surface area contributed by atoms with Crippen molar-refractivity contribution < 1.29 is 9.47 Å². The molecule has 2 atom stereocenters. The predicted molar refractivity (Wildman–Crippen MR) is 53.8 cm³/mol. The topological polar surface area (TPSA) is 18.5 Å². The van der Waals surface area contributed by atoms with E-state index in [0.29, 0.717) is 6.61 Å². The van der Waals surface area contributed by atoms with Gasteiger partial charge in [-0.25, -0.2) is 0 Å². The van der Waals surface area contributed by atoms with Gasteiger partial charge >= 0.3 is 0 Å². The number of hydrogen-bond donors (Lipinski definition) is 0. The van der Waals surface area contributed by atoms with Gasteiger partial charge in [-0.1, -0.05) is 46.3 Å². The van der Waals surface area contributed by atoms with Gasteiger partial charge in [0.05, 0.1) is 12.7 Å². The minimum atomic E-state index is -0.177. The van der Waals surface area contributed by atoms with Gasteiger partial charge in [0, 0.05) is 10.9 Å². The van der Waals surface area contributed by atoms with E-state index in [0.717, 1.165) is 10.9 Å². The normalized spacial score (nSPS) is 27.8. The molecular formula is C10H11BrO2.